The average molecular weight is 542 g/mol. The van der Waals surface area contributed by atoms with Gasteiger partial charge in [0, 0.05) is 34.6 Å². The molecule has 8 nitrogen and oxygen atoms in total. The van der Waals surface area contributed by atoms with Gasteiger partial charge in [-0.2, -0.15) is 0 Å². The molecule has 4 atom stereocenters. The highest BCUT2D eigenvalue weighted by molar-refractivity contribution is 6.18. The number of nitro groups is 1. The van der Waals surface area contributed by atoms with E-state index in [1.54, 1.807) is 30.3 Å². The summed E-state index contributed by atoms with van der Waals surface area (Å²) in [4.78, 5) is 56.2. The summed E-state index contributed by atoms with van der Waals surface area (Å²) in [5, 5.41) is 14.3. The van der Waals surface area contributed by atoms with Crippen molar-refractivity contribution in [1.82, 2.24) is 0 Å². The number of fused-ring (bicyclic) bond motifs is 6. The Morgan fingerprint density at radius 2 is 1.46 bits per heavy atom. The number of anilines is 2. The lowest BCUT2D eigenvalue weighted by atomic mass is 9.64. The molecule has 1 amide bonds. The Morgan fingerprint density at radius 1 is 0.805 bits per heavy atom. The van der Waals surface area contributed by atoms with Gasteiger partial charge >= 0.3 is 0 Å². The summed E-state index contributed by atoms with van der Waals surface area (Å²) in [5.41, 5.74) is 1.94. The number of ketones is 2. The normalized spacial score (nSPS) is 23.5. The predicted octanol–water partition coefficient (Wildman–Crippen LogP) is 5.45. The molecule has 41 heavy (non-hydrogen) atoms. The molecule has 4 aromatic carbocycles. The van der Waals surface area contributed by atoms with Gasteiger partial charge in [0.25, 0.3) is 5.69 Å². The fourth-order valence-electron chi connectivity index (χ4n) is 6.82. The molecule has 1 fully saturated rings. The molecule has 1 spiro atoms. The fraction of sp³-hybridized carbons (Fsp3) is 0.121. The third-order valence-corrected chi connectivity index (χ3v) is 8.51. The molecule has 0 saturated carbocycles. The van der Waals surface area contributed by atoms with Crippen LogP contribution in [0.5, 0.6) is 0 Å². The molecule has 0 aliphatic carbocycles. The Labute approximate surface area is 235 Å². The number of hydrogen-bond acceptors (Lipinski definition) is 6. The second kappa shape index (κ2) is 9.09. The van der Waals surface area contributed by atoms with Crippen molar-refractivity contribution in [1.29, 1.82) is 0 Å². The summed E-state index contributed by atoms with van der Waals surface area (Å²) in [5.74, 6) is -2.15. The van der Waals surface area contributed by atoms with Crippen LogP contribution in [0, 0.1) is 16.0 Å². The van der Waals surface area contributed by atoms with Crippen molar-refractivity contribution >= 4 is 40.6 Å². The molecule has 7 rings (SSSR count). The lowest BCUT2D eigenvalue weighted by Crippen LogP contribution is -2.51. The van der Waals surface area contributed by atoms with Crippen molar-refractivity contribution in [2.75, 3.05) is 10.2 Å². The highest BCUT2D eigenvalue weighted by atomic mass is 16.6. The van der Waals surface area contributed by atoms with Crippen molar-refractivity contribution < 1.29 is 19.3 Å². The Morgan fingerprint density at radius 3 is 2.22 bits per heavy atom. The van der Waals surface area contributed by atoms with Gasteiger partial charge in [0.05, 0.1) is 16.9 Å². The lowest BCUT2D eigenvalue weighted by molar-refractivity contribution is -0.384. The second-order valence-electron chi connectivity index (χ2n) is 10.5. The van der Waals surface area contributed by atoms with Crippen LogP contribution in [-0.2, 0) is 10.2 Å². The molecule has 4 aromatic rings. The van der Waals surface area contributed by atoms with Crippen LogP contribution in [0.25, 0.3) is 6.08 Å². The highest BCUT2D eigenvalue weighted by Gasteiger charge is 2.70. The molecular weight excluding hydrogens is 518 g/mol. The van der Waals surface area contributed by atoms with E-state index in [9.17, 15) is 24.5 Å². The SMILES string of the molecule is O=C(c1ccc([N+](=O)[O-])cc1)[C@@H]1[C@@H](C(=O)c2ccccc2)[C@]2(C(=O)Nc3ccccc32)[C@H]2C=Cc3ccccc3N12. The van der Waals surface area contributed by atoms with Crippen molar-refractivity contribution in [3.63, 3.8) is 0 Å². The van der Waals surface area contributed by atoms with Crippen LogP contribution >= 0.6 is 0 Å². The number of Topliss-reactive ketones (excluding diaryl/α,β-unsaturated/α-hetero) is 2. The van der Waals surface area contributed by atoms with E-state index in [2.05, 4.69) is 5.32 Å². The maximum atomic E-state index is 14.6. The van der Waals surface area contributed by atoms with E-state index in [-0.39, 0.29) is 22.9 Å². The summed E-state index contributed by atoms with van der Waals surface area (Å²) >= 11 is 0. The van der Waals surface area contributed by atoms with E-state index < -0.39 is 34.1 Å². The third kappa shape index (κ3) is 3.43. The van der Waals surface area contributed by atoms with Crippen molar-refractivity contribution in [3.8, 4) is 0 Å². The van der Waals surface area contributed by atoms with E-state index >= 15 is 0 Å². The fourth-order valence-corrected chi connectivity index (χ4v) is 6.82. The molecule has 0 bridgehead atoms. The standard InChI is InChI=1S/C33H23N3O5/c37-30(21-9-2-1-3-10-21)28-29(31(38)22-14-17-23(18-15-22)36(40)41)35-26-13-7-4-8-20(26)16-19-27(35)33(28)24-11-5-6-12-25(24)34-32(33)39/h1-19,27-29H,(H,34,39)/t27-,28+,29+,33-/m1/s1. The number of rotatable bonds is 5. The zero-order valence-electron chi connectivity index (χ0n) is 21.6. The van der Waals surface area contributed by atoms with Gasteiger partial charge in [0.15, 0.2) is 11.6 Å². The molecular formula is C33H23N3O5. The van der Waals surface area contributed by atoms with Crippen LogP contribution in [-0.4, -0.2) is 34.5 Å². The van der Waals surface area contributed by atoms with Crippen LogP contribution in [0.3, 0.4) is 0 Å². The molecule has 0 unspecified atom stereocenters. The van der Waals surface area contributed by atoms with Gasteiger partial charge in [-0.15, -0.1) is 0 Å². The first-order valence-corrected chi connectivity index (χ1v) is 13.3. The number of nitrogens with zero attached hydrogens (tertiary/aromatic N) is 2. The van der Waals surface area contributed by atoms with Crippen LogP contribution in [0.4, 0.5) is 17.1 Å². The summed E-state index contributed by atoms with van der Waals surface area (Å²) in [7, 11) is 0. The molecule has 8 heteroatoms. The minimum absolute atomic E-state index is 0.144. The van der Waals surface area contributed by atoms with Crippen LogP contribution < -0.4 is 10.2 Å². The van der Waals surface area contributed by atoms with E-state index in [1.165, 1.54) is 24.3 Å². The van der Waals surface area contributed by atoms with Crippen molar-refractivity contribution in [2.24, 2.45) is 5.92 Å². The van der Waals surface area contributed by atoms with Gasteiger partial charge in [-0.3, -0.25) is 24.5 Å². The largest absolute Gasteiger partial charge is 0.352 e. The van der Waals surface area contributed by atoms with Gasteiger partial charge < -0.3 is 10.2 Å². The minimum Gasteiger partial charge on any atom is -0.352 e. The first-order chi connectivity index (χ1) is 19.9. The van der Waals surface area contributed by atoms with E-state index in [4.69, 9.17) is 0 Å². The number of benzene rings is 4. The van der Waals surface area contributed by atoms with E-state index in [0.717, 1.165) is 11.3 Å². The Balaban J connectivity index is 1.51. The Hall–Kier alpha value is -5.37. The first-order valence-electron chi connectivity index (χ1n) is 13.3. The Kier molecular flexibility index (Phi) is 5.47. The number of nitro benzene ring substituents is 1. The number of carbonyl (C=O) groups is 3. The van der Waals surface area contributed by atoms with Gasteiger partial charge in [-0.05, 0) is 35.4 Å². The number of para-hydroxylation sites is 2. The van der Waals surface area contributed by atoms with Crippen LogP contribution in [0.1, 0.15) is 31.8 Å². The van der Waals surface area contributed by atoms with Gasteiger partial charge in [-0.25, -0.2) is 0 Å². The number of carbonyl (C=O) groups excluding carboxylic acids is 3. The topological polar surface area (TPSA) is 110 Å². The van der Waals surface area contributed by atoms with Gasteiger partial charge in [0.1, 0.15) is 11.5 Å². The van der Waals surface area contributed by atoms with E-state index in [1.807, 2.05) is 65.6 Å². The van der Waals surface area contributed by atoms with Gasteiger partial charge in [-0.1, -0.05) is 78.9 Å². The molecule has 200 valence electrons. The maximum Gasteiger partial charge on any atom is 0.269 e. The zero-order valence-corrected chi connectivity index (χ0v) is 21.6. The van der Waals surface area contributed by atoms with Crippen molar-refractivity contribution in [3.05, 3.63) is 142 Å². The minimum atomic E-state index is -1.41. The molecule has 3 heterocycles. The molecule has 1 N–H and O–H groups in total. The Bertz CT molecular complexity index is 1780. The highest BCUT2D eigenvalue weighted by Crippen LogP contribution is 2.58. The zero-order chi connectivity index (χ0) is 28.3. The summed E-state index contributed by atoms with van der Waals surface area (Å²) in [6, 6.07) is 27.3. The van der Waals surface area contributed by atoms with Crippen LogP contribution in [0.15, 0.2) is 109 Å². The molecule has 3 aliphatic heterocycles. The first kappa shape index (κ1) is 24.7. The molecule has 1 saturated heterocycles. The quantitative estimate of drug-likeness (QED) is 0.204. The summed E-state index contributed by atoms with van der Waals surface area (Å²) < 4.78 is 0. The average Bonchev–Trinajstić information content (AvgIpc) is 3.49. The van der Waals surface area contributed by atoms with E-state index in [0.29, 0.717) is 16.8 Å². The number of nitrogens with one attached hydrogen (secondary N) is 1. The maximum absolute atomic E-state index is 14.6. The van der Waals surface area contributed by atoms with Crippen LogP contribution in [0.2, 0.25) is 0 Å². The third-order valence-electron chi connectivity index (χ3n) is 8.51. The van der Waals surface area contributed by atoms with Gasteiger partial charge in [0.2, 0.25) is 5.91 Å². The molecule has 3 aliphatic rings. The monoisotopic (exact) mass is 541 g/mol. The smallest absolute Gasteiger partial charge is 0.269 e. The molecule has 0 radical (unpaired) electrons. The summed E-state index contributed by atoms with van der Waals surface area (Å²) in [6.07, 6.45) is 3.85. The second-order valence-corrected chi connectivity index (χ2v) is 10.5. The number of hydrogen-bond donors (Lipinski definition) is 1. The van der Waals surface area contributed by atoms with Crippen molar-refractivity contribution in [2.45, 2.75) is 17.5 Å². The number of amides is 1. The number of non-ortho nitro benzene ring substituents is 1. The molecule has 0 aromatic heterocycles. The predicted molar refractivity (Wildman–Crippen MR) is 154 cm³/mol. The summed E-state index contributed by atoms with van der Waals surface area (Å²) in [6.45, 7) is 0. The lowest BCUT2D eigenvalue weighted by Gasteiger charge is -2.37.